The van der Waals surface area contributed by atoms with Gasteiger partial charge in [0.05, 0.1) is 5.02 Å². The van der Waals surface area contributed by atoms with Gasteiger partial charge in [-0.1, -0.05) is 47.5 Å². The first kappa shape index (κ1) is 23.8. The van der Waals surface area contributed by atoms with E-state index in [-0.39, 0.29) is 35.1 Å². The highest BCUT2D eigenvalue weighted by molar-refractivity contribution is 7.89. The maximum Gasteiger partial charge on any atom is 0.244 e. The summed E-state index contributed by atoms with van der Waals surface area (Å²) in [5, 5.41) is 0.262. The fraction of sp³-hybridized carbons (Fsp3) is 0.208. The van der Waals surface area contributed by atoms with Crippen molar-refractivity contribution < 1.29 is 22.0 Å². The molecule has 0 saturated carbocycles. The van der Waals surface area contributed by atoms with Gasteiger partial charge >= 0.3 is 0 Å². The number of carbonyl (C=O) groups excluding carboxylic acids is 1. The number of sulfonamides is 1. The molecule has 3 aromatic carbocycles. The van der Waals surface area contributed by atoms with Gasteiger partial charge in [0, 0.05) is 36.4 Å². The summed E-state index contributed by atoms with van der Waals surface area (Å²) in [5.74, 6) is -1.64. The number of piperidine rings is 1. The Morgan fingerprint density at radius 3 is 1.94 bits per heavy atom. The topological polar surface area (TPSA) is 54.5 Å². The van der Waals surface area contributed by atoms with Crippen LogP contribution < -0.4 is 0 Å². The van der Waals surface area contributed by atoms with Crippen molar-refractivity contribution in [1.29, 1.82) is 0 Å². The van der Waals surface area contributed by atoms with Crippen LogP contribution in [-0.2, 0) is 14.8 Å². The number of ketones is 1. The van der Waals surface area contributed by atoms with E-state index in [0.29, 0.717) is 16.1 Å². The molecule has 1 heterocycles. The van der Waals surface area contributed by atoms with Crippen molar-refractivity contribution in [2.24, 2.45) is 0 Å². The van der Waals surface area contributed by atoms with Gasteiger partial charge in [-0.15, -0.1) is 0 Å². The van der Waals surface area contributed by atoms with Crippen molar-refractivity contribution in [3.63, 3.8) is 0 Å². The third kappa shape index (κ3) is 4.96. The average molecular weight is 510 g/mol. The van der Waals surface area contributed by atoms with Gasteiger partial charge in [0.25, 0.3) is 0 Å². The first-order chi connectivity index (χ1) is 15.7. The zero-order valence-electron chi connectivity index (χ0n) is 17.2. The van der Waals surface area contributed by atoms with Crippen LogP contribution in [0.5, 0.6) is 0 Å². The summed E-state index contributed by atoms with van der Waals surface area (Å²) in [6.45, 7) is -0.0380. The summed E-state index contributed by atoms with van der Waals surface area (Å²) >= 11 is 12.2. The van der Waals surface area contributed by atoms with Gasteiger partial charge in [-0.3, -0.25) is 4.79 Å². The second-order valence-corrected chi connectivity index (χ2v) is 10.5. The molecule has 1 aliphatic heterocycles. The molecule has 0 radical (unpaired) electrons. The highest BCUT2D eigenvalue weighted by Gasteiger charge is 2.42. The van der Waals surface area contributed by atoms with Crippen molar-refractivity contribution in [3.05, 3.63) is 99.5 Å². The predicted molar refractivity (Wildman–Crippen MR) is 123 cm³/mol. The second kappa shape index (κ2) is 9.50. The van der Waals surface area contributed by atoms with E-state index in [2.05, 4.69) is 0 Å². The summed E-state index contributed by atoms with van der Waals surface area (Å²) in [6.07, 6.45) is 0.00432. The van der Waals surface area contributed by atoms with Crippen LogP contribution >= 0.6 is 23.2 Å². The normalized spacial score (nSPS) is 17.5. The molecule has 0 bridgehead atoms. The van der Waals surface area contributed by atoms with Crippen molar-refractivity contribution in [3.8, 4) is 0 Å². The highest BCUT2D eigenvalue weighted by Crippen LogP contribution is 2.39. The standard InChI is InChI=1S/C24H19Cl2F2NO3S/c25-17-5-10-23(21(26)13-17)33(31,32)29-12-11-20(30)14-22(29)24(15-1-6-18(27)7-2-15)16-3-8-19(28)9-4-16/h1-10,13,22,24H,11-12,14H2. The summed E-state index contributed by atoms with van der Waals surface area (Å²) < 4.78 is 55.9. The van der Waals surface area contributed by atoms with E-state index in [1.54, 1.807) is 24.3 Å². The van der Waals surface area contributed by atoms with Crippen LogP contribution in [0.15, 0.2) is 71.6 Å². The Kier molecular flexibility index (Phi) is 6.86. The lowest BCUT2D eigenvalue weighted by molar-refractivity contribution is -0.122. The number of hydrogen-bond donors (Lipinski definition) is 0. The van der Waals surface area contributed by atoms with Crippen LogP contribution in [0.3, 0.4) is 0 Å². The summed E-state index contributed by atoms with van der Waals surface area (Å²) in [7, 11) is -4.12. The van der Waals surface area contributed by atoms with Gasteiger partial charge in [0.1, 0.15) is 22.3 Å². The predicted octanol–water partition coefficient (Wildman–Crippen LogP) is 5.83. The number of nitrogens with zero attached hydrogens (tertiary/aromatic N) is 1. The Hall–Kier alpha value is -2.32. The number of carbonyl (C=O) groups is 1. The molecular weight excluding hydrogens is 491 g/mol. The number of benzene rings is 3. The van der Waals surface area contributed by atoms with Gasteiger partial charge < -0.3 is 0 Å². The average Bonchev–Trinajstić information content (AvgIpc) is 2.76. The van der Waals surface area contributed by atoms with E-state index in [0.717, 1.165) is 0 Å². The molecule has 4 rings (SSSR count). The fourth-order valence-corrected chi connectivity index (χ4v) is 6.59. The number of halogens is 4. The molecule has 1 atom stereocenters. The molecule has 1 aliphatic rings. The Labute approximate surface area is 200 Å². The molecular formula is C24H19Cl2F2NO3S. The fourth-order valence-electron chi connectivity index (χ4n) is 4.21. The molecule has 9 heteroatoms. The van der Waals surface area contributed by atoms with E-state index in [4.69, 9.17) is 23.2 Å². The maximum absolute atomic E-state index is 13.7. The van der Waals surface area contributed by atoms with Gasteiger partial charge in [0.2, 0.25) is 10.0 Å². The second-order valence-electron chi connectivity index (χ2n) is 7.83. The molecule has 0 spiro atoms. The molecule has 1 unspecified atom stereocenters. The highest BCUT2D eigenvalue weighted by atomic mass is 35.5. The van der Waals surface area contributed by atoms with E-state index in [1.807, 2.05) is 0 Å². The number of rotatable bonds is 5. The Morgan fingerprint density at radius 1 is 0.879 bits per heavy atom. The van der Waals surface area contributed by atoms with Crippen LogP contribution in [0.4, 0.5) is 8.78 Å². The Balaban J connectivity index is 1.86. The van der Waals surface area contributed by atoms with Crippen molar-refractivity contribution >= 4 is 39.0 Å². The minimum Gasteiger partial charge on any atom is -0.300 e. The van der Waals surface area contributed by atoms with Gasteiger partial charge in [-0.25, -0.2) is 17.2 Å². The van der Waals surface area contributed by atoms with E-state index < -0.39 is 33.6 Å². The lowest BCUT2D eigenvalue weighted by atomic mass is 9.81. The first-order valence-electron chi connectivity index (χ1n) is 10.2. The minimum atomic E-state index is -4.12. The lowest BCUT2D eigenvalue weighted by Crippen LogP contribution is -2.49. The largest absolute Gasteiger partial charge is 0.300 e. The van der Waals surface area contributed by atoms with Crippen molar-refractivity contribution in [2.75, 3.05) is 6.54 Å². The quantitative estimate of drug-likeness (QED) is 0.435. The van der Waals surface area contributed by atoms with Crippen LogP contribution in [0, 0.1) is 11.6 Å². The molecule has 4 nitrogen and oxygen atoms in total. The minimum absolute atomic E-state index is 0.0294. The third-order valence-electron chi connectivity index (χ3n) is 5.74. The van der Waals surface area contributed by atoms with Gasteiger partial charge in [0.15, 0.2) is 0 Å². The molecule has 0 aliphatic carbocycles. The molecule has 0 N–H and O–H groups in total. The van der Waals surface area contributed by atoms with Crippen molar-refractivity contribution in [2.45, 2.75) is 29.7 Å². The molecule has 0 amide bonds. The Bertz CT molecular complexity index is 1240. The van der Waals surface area contributed by atoms with Gasteiger partial charge in [-0.05, 0) is 53.6 Å². The number of hydrogen-bond acceptors (Lipinski definition) is 3. The van der Waals surface area contributed by atoms with Crippen molar-refractivity contribution in [1.82, 2.24) is 4.31 Å². The Morgan fingerprint density at radius 2 is 1.42 bits per heavy atom. The van der Waals surface area contributed by atoms with Crippen LogP contribution in [0.1, 0.15) is 29.9 Å². The van der Waals surface area contributed by atoms with E-state index in [9.17, 15) is 22.0 Å². The zero-order valence-corrected chi connectivity index (χ0v) is 19.5. The monoisotopic (exact) mass is 509 g/mol. The van der Waals surface area contributed by atoms with Crippen LogP contribution in [0.25, 0.3) is 0 Å². The molecule has 3 aromatic rings. The van der Waals surface area contributed by atoms with Crippen LogP contribution in [-0.4, -0.2) is 31.1 Å². The molecule has 172 valence electrons. The lowest BCUT2D eigenvalue weighted by Gasteiger charge is -2.39. The SMILES string of the molecule is O=C1CCN(S(=O)(=O)c2ccc(Cl)cc2Cl)C(C(c2ccc(F)cc2)c2ccc(F)cc2)C1. The van der Waals surface area contributed by atoms with E-state index >= 15 is 0 Å². The smallest absolute Gasteiger partial charge is 0.244 e. The third-order valence-corrected chi connectivity index (χ3v) is 8.38. The molecule has 0 aromatic heterocycles. The zero-order chi connectivity index (χ0) is 23.8. The molecule has 1 fully saturated rings. The molecule has 33 heavy (non-hydrogen) atoms. The maximum atomic E-state index is 13.7. The molecule has 1 saturated heterocycles. The van der Waals surface area contributed by atoms with E-state index in [1.165, 1.54) is 46.8 Å². The van der Waals surface area contributed by atoms with Crippen LogP contribution in [0.2, 0.25) is 10.0 Å². The first-order valence-corrected chi connectivity index (χ1v) is 12.4. The summed E-state index contributed by atoms with van der Waals surface area (Å²) in [4.78, 5) is 12.4. The summed E-state index contributed by atoms with van der Waals surface area (Å²) in [5.41, 5.74) is 1.20. The number of Topliss-reactive ketones (excluding diaryl/α,β-unsaturated/α-hetero) is 1. The summed E-state index contributed by atoms with van der Waals surface area (Å²) in [6, 6.07) is 14.5. The van der Waals surface area contributed by atoms with Gasteiger partial charge in [-0.2, -0.15) is 4.31 Å².